The molecule has 1 heterocycles. The molecule has 0 aromatic carbocycles. The van der Waals surface area contributed by atoms with Gasteiger partial charge in [0.15, 0.2) is 0 Å². The van der Waals surface area contributed by atoms with Gasteiger partial charge in [0.25, 0.3) is 0 Å². The minimum absolute atomic E-state index is 0.704. The highest BCUT2D eigenvalue weighted by Crippen LogP contribution is 2.23. The van der Waals surface area contributed by atoms with E-state index in [-0.39, 0.29) is 0 Å². The maximum Gasteiger partial charge on any atom is 0.0510 e. The predicted molar refractivity (Wildman–Crippen MR) is 63.0 cm³/mol. The fourth-order valence-corrected chi connectivity index (χ4v) is 3.03. The fraction of sp³-hybridized carbons (Fsp3) is 1.00. The predicted octanol–water partition coefficient (Wildman–Crippen LogP) is 2.72. The molecule has 1 saturated heterocycles. The SMILES string of the molecule is CCC(NC1CCCCC1)C1CCOC1. The molecule has 0 amide bonds. The topological polar surface area (TPSA) is 21.3 Å². The number of nitrogens with one attached hydrogen (secondary N) is 1. The third kappa shape index (κ3) is 3.18. The van der Waals surface area contributed by atoms with Gasteiger partial charge in [-0.2, -0.15) is 0 Å². The van der Waals surface area contributed by atoms with Crippen molar-refractivity contribution in [3.05, 3.63) is 0 Å². The van der Waals surface area contributed by atoms with E-state index in [4.69, 9.17) is 4.74 Å². The van der Waals surface area contributed by atoms with Crippen LogP contribution >= 0.6 is 0 Å². The standard InChI is InChI=1S/C13H25NO/c1-2-13(11-8-9-15-10-11)14-12-6-4-3-5-7-12/h11-14H,2-10H2,1H3. The number of hydrogen-bond acceptors (Lipinski definition) is 2. The molecule has 2 rings (SSSR count). The molecule has 0 bridgehead atoms. The van der Waals surface area contributed by atoms with E-state index in [0.29, 0.717) is 6.04 Å². The molecule has 1 aliphatic carbocycles. The summed E-state index contributed by atoms with van der Waals surface area (Å²) in [5, 5.41) is 3.87. The zero-order valence-corrected chi connectivity index (χ0v) is 10.0. The van der Waals surface area contributed by atoms with Crippen LogP contribution in [0, 0.1) is 5.92 Å². The van der Waals surface area contributed by atoms with Crippen molar-refractivity contribution in [3.8, 4) is 0 Å². The first-order chi connectivity index (χ1) is 7.40. The van der Waals surface area contributed by atoms with Crippen LogP contribution in [-0.2, 0) is 4.74 Å². The lowest BCUT2D eigenvalue weighted by atomic mass is 9.91. The molecule has 2 fully saturated rings. The van der Waals surface area contributed by atoms with Gasteiger partial charge in [0.1, 0.15) is 0 Å². The Bertz CT molecular complexity index is 171. The molecule has 0 aromatic rings. The third-order valence-corrected chi connectivity index (χ3v) is 4.03. The first-order valence-electron chi connectivity index (χ1n) is 6.74. The molecule has 1 saturated carbocycles. The molecule has 2 aliphatic rings. The van der Waals surface area contributed by atoms with E-state index in [1.165, 1.54) is 44.9 Å². The van der Waals surface area contributed by atoms with Gasteiger partial charge in [0, 0.05) is 18.7 Å². The average Bonchev–Trinajstić information content (AvgIpc) is 2.81. The summed E-state index contributed by atoms with van der Waals surface area (Å²) in [7, 11) is 0. The normalized spacial score (nSPS) is 30.6. The Morgan fingerprint density at radius 2 is 2.00 bits per heavy atom. The highest BCUT2D eigenvalue weighted by molar-refractivity contribution is 4.83. The maximum atomic E-state index is 5.49. The molecule has 0 radical (unpaired) electrons. The lowest BCUT2D eigenvalue weighted by Gasteiger charge is -2.30. The maximum absolute atomic E-state index is 5.49. The van der Waals surface area contributed by atoms with Crippen molar-refractivity contribution < 1.29 is 4.74 Å². The van der Waals surface area contributed by atoms with Gasteiger partial charge in [-0.05, 0) is 31.6 Å². The molecule has 1 N–H and O–H groups in total. The van der Waals surface area contributed by atoms with Gasteiger partial charge in [0.05, 0.1) is 6.61 Å². The molecule has 88 valence electrons. The smallest absolute Gasteiger partial charge is 0.0510 e. The van der Waals surface area contributed by atoms with Crippen molar-refractivity contribution in [2.24, 2.45) is 5.92 Å². The molecule has 15 heavy (non-hydrogen) atoms. The summed E-state index contributed by atoms with van der Waals surface area (Å²) in [6.07, 6.45) is 9.60. The Morgan fingerprint density at radius 3 is 2.60 bits per heavy atom. The van der Waals surface area contributed by atoms with Crippen molar-refractivity contribution in [1.29, 1.82) is 0 Å². The van der Waals surface area contributed by atoms with Gasteiger partial charge in [-0.3, -0.25) is 0 Å². The van der Waals surface area contributed by atoms with Gasteiger partial charge in [-0.25, -0.2) is 0 Å². The minimum atomic E-state index is 0.704. The second kappa shape index (κ2) is 5.86. The number of hydrogen-bond donors (Lipinski definition) is 1. The lowest BCUT2D eigenvalue weighted by Crippen LogP contribution is -2.43. The summed E-state index contributed by atoms with van der Waals surface area (Å²) < 4.78 is 5.49. The summed E-state index contributed by atoms with van der Waals surface area (Å²) in [6.45, 7) is 4.27. The van der Waals surface area contributed by atoms with Gasteiger partial charge < -0.3 is 10.1 Å². The van der Waals surface area contributed by atoms with E-state index in [1.54, 1.807) is 0 Å². The van der Waals surface area contributed by atoms with Crippen molar-refractivity contribution in [2.75, 3.05) is 13.2 Å². The first kappa shape index (κ1) is 11.4. The molecule has 2 unspecified atom stereocenters. The molecule has 1 aliphatic heterocycles. The van der Waals surface area contributed by atoms with E-state index in [9.17, 15) is 0 Å². The summed E-state index contributed by atoms with van der Waals surface area (Å²) in [5.41, 5.74) is 0. The van der Waals surface area contributed by atoms with Crippen LogP contribution in [0.15, 0.2) is 0 Å². The van der Waals surface area contributed by atoms with Crippen molar-refractivity contribution >= 4 is 0 Å². The van der Waals surface area contributed by atoms with E-state index in [1.807, 2.05) is 0 Å². The van der Waals surface area contributed by atoms with Crippen LogP contribution < -0.4 is 5.32 Å². The summed E-state index contributed by atoms with van der Waals surface area (Å²) in [4.78, 5) is 0. The monoisotopic (exact) mass is 211 g/mol. The molecule has 0 spiro atoms. The molecule has 2 atom stereocenters. The van der Waals surface area contributed by atoms with Crippen LogP contribution in [-0.4, -0.2) is 25.3 Å². The zero-order chi connectivity index (χ0) is 10.5. The second-order valence-corrected chi connectivity index (χ2v) is 5.14. The molecular formula is C13H25NO. The highest BCUT2D eigenvalue weighted by atomic mass is 16.5. The highest BCUT2D eigenvalue weighted by Gasteiger charge is 2.26. The summed E-state index contributed by atoms with van der Waals surface area (Å²) in [5.74, 6) is 0.775. The average molecular weight is 211 g/mol. The molecule has 0 aromatic heterocycles. The van der Waals surface area contributed by atoms with E-state index >= 15 is 0 Å². The Labute approximate surface area is 93.8 Å². The quantitative estimate of drug-likeness (QED) is 0.772. The lowest BCUT2D eigenvalue weighted by molar-refractivity contribution is 0.171. The Morgan fingerprint density at radius 1 is 1.20 bits per heavy atom. The van der Waals surface area contributed by atoms with Gasteiger partial charge in [0.2, 0.25) is 0 Å². The Hall–Kier alpha value is -0.0800. The van der Waals surface area contributed by atoms with E-state index in [2.05, 4.69) is 12.2 Å². The van der Waals surface area contributed by atoms with Crippen molar-refractivity contribution in [2.45, 2.75) is 64.0 Å². The molecule has 2 heteroatoms. The summed E-state index contributed by atoms with van der Waals surface area (Å²) >= 11 is 0. The van der Waals surface area contributed by atoms with Crippen LogP contribution in [0.1, 0.15) is 51.9 Å². The molecular weight excluding hydrogens is 186 g/mol. The van der Waals surface area contributed by atoms with Crippen LogP contribution in [0.25, 0.3) is 0 Å². The second-order valence-electron chi connectivity index (χ2n) is 5.14. The van der Waals surface area contributed by atoms with Crippen LogP contribution in [0.2, 0.25) is 0 Å². The van der Waals surface area contributed by atoms with Crippen molar-refractivity contribution in [3.63, 3.8) is 0 Å². The van der Waals surface area contributed by atoms with Crippen LogP contribution in [0.3, 0.4) is 0 Å². The van der Waals surface area contributed by atoms with Crippen LogP contribution in [0.5, 0.6) is 0 Å². The summed E-state index contributed by atoms with van der Waals surface area (Å²) in [6, 6.07) is 1.50. The third-order valence-electron chi connectivity index (χ3n) is 4.03. The Kier molecular flexibility index (Phi) is 4.45. The minimum Gasteiger partial charge on any atom is -0.381 e. The Balaban J connectivity index is 1.78. The fourth-order valence-electron chi connectivity index (χ4n) is 3.03. The number of rotatable bonds is 4. The van der Waals surface area contributed by atoms with Crippen molar-refractivity contribution in [1.82, 2.24) is 5.32 Å². The van der Waals surface area contributed by atoms with E-state index in [0.717, 1.165) is 25.2 Å². The van der Waals surface area contributed by atoms with Gasteiger partial charge >= 0.3 is 0 Å². The first-order valence-corrected chi connectivity index (χ1v) is 6.74. The zero-order valence-electron chi connectivity index (χ0n) is 10.0. The van der Waals surface area contributed by atoms with Crippen LogP contribution in [0.4, 0.5) is 0 Å². The largest absolute Gasteiger partial charge is 0.381 e. The van der Waals surface area contributed by atoms with Gasteiger partial charge in [-0.15, -0.1) is 0 Å². The number of ether oxygens (including phenoxy) is 1. The molecule has 2 nitrogen and oxygen atoms in total. The van der Waals surface area contributed by atoms with E-state index < -0.39 is 0 Å². The van der Waals surface area contributed by atoms with Gasteiger partial charge in [-0.1, -0.05) is 26.2 Å².